The van der Waals surface area contributed by atoms with Gasteiger partial charge in [0.1, 0.15) is 6.10 Å². The zero-order chi connectivity index (χ0) is 15.1. The lowest BCUT2D eigenvalue weighted by Gasteiger charge is -2.15. The van der Waals surface area contributed by atoms with Crippen molar-refractivity contribution in [2.24, 2.45) is 0 Å². The molecule has 0 aliphatic heterocycles. The molecular formula is C14H21NO5. The second kappa shape index (κ2) is 7.59. The average Bonchev–Trinajstić information content (AvgIpc) is 2.44. The Kier molecular flexibility index (Phi) is 6.11. The van der Waals surface area contributed by atoms with Crippen molar-refractivity contribution in [2.75, 3.05) is 33.2 Å². The van der Waals surface area contributed by atoms with E-state index in [1.807, 2.05) is 6.92 Å². The topological polar surface area (TPSA) is 80.0 Å². The average molecular weight is 283 g/mol. The Hall–Kier alpha value is -1.95. The van der Waals surface area contributed by atoms with Crippen LogP contribution in [0.2, 0.25) is 0 Å². The Morgan fingerprint density at radius 2 is 1.85 bits per heavy atom. The molecule has 0 amide bonds. The summed E-state index contributed by atoms with van der Waals surface area (Å²) in [5.74, 6) is 0.366. The minimum absolute atomic E-state index is 0.242. The van der Waals surface area contributed by atoms with Gasteiger partial charge in [0.15, 0.2) is 11.5 Å². The summed E-state index contributed by atoms with van der Waals surface area (Å²) in [5.41, 5.74) is 6.35. The van der Waals surface area contributed by atoms with Gasteiger partial charge in [-0.2, -0.15) is 0 Å². The van der Waals surface area contributed by atoms with E-state index in [9.17, 15) is 4.79 Å². The van der Waals surface area contributed by atoms with Crippen molar-refractivity contribution in [2.45, 2.75) is 20.0 Å². The van der Waals surface area contributed by atoms with Gasteiger partial charge in [-0.25, -0.2) is 4.79 Å². The van der Waals surface area contributed by atoms with Gasteiger partial charge in [-0.15, -0.1) is 0 Å². The van der Waals surface area contributed by atoms with Crippen molar-refractivity contribution in [1.29, 1.82) is 0 Å². The van der Waals surface area contributed by atoms with Crippen LogP contribution in [0.3, 0.4) is 0 Å². The predicted octanol–water partition coefficient (Wildman–Crippen LogP) is 1.87. The molecule has 1 atom stereocenters. The van der Waals surface area contributed by atoms with Crippen molar-refractivity contribution in [3.63, 3.8) is 0 Å². The van der Waals surface area contributed by atoms with Gasteiger partial charge in [0.2, 0.25) is 0 Å². The van der Waals surface area contributed by atoms with Crippen LogP contribution in [0, 0.1) is 0 Å². The summed E-state index contributed by atoms with van der Waals surface area (Å²) in [7, 11) is 2.99. The number of nitrogens with two attached hydrogens (primary N) is 1. The first kappa shape index (κ1) is 16.1. The SMILES string of the molecule is CCOCC(C)OC(=O)c1cc(OC)c(OC)cc1N. The van der Waals surface area contributed by atoms with E-state index in [1.165, 1.54) is 26.4 Å². The van der Waals surface area contributed by atoms with Crippen LogP contribution in [0.15, 0.2) is 12.1 Å². The number of carbonyl (C=O) groups excluding carboxylic acids is 1. The number of hydrogen-bond acceptors (Lipinski definition) is 6. The number of rotatable bonds is 7. The summed E-state index contributed by atoms with van der Waals surface area (Å²) >= 11 is 0. The second-order valence-corrected chi connectivity index (χ2v) is 4.17. The molecule has 0 radical (unpaired) electrons. The van der Waals surface area contributed by atoms with E-state index in [0.717, 1.165) is 0 Å². The summed E-state index contributed by atoms with van der Waals surface area (Å²) in [6.45, 7) is 4.54. The Morgan fingerprint density at radius 1 is 1.25 bits per heavy atom. The minimum atomic E-state index is -0.518. The van der Waals surface area contributed by atoms with Gasteiger partial charge in [-0.1, -0.05) is 0 Å². The molecule has 0 saturated carbocycles. The van der Waals surface area contributed by atoms with Crippen molar-refractivity contribution < 1.29 is 23.7 Å². The van der Waals surface area contributed by atoms with Crippen LogP contribution in [0.25, 0.3) is 0 Å². The second-order valence-electron chi connectivity index (χ2n) is 4.17. The molecule has 1 unspecified atom stereocenters. The molecule has 0 aliphatic rings. The third-order valence-electron chi connectivity index (χ3n) is 2.64. The van der Waals surface area contributed by atoms with Gasteiger partial charge in [-0.05, 0) is 13.8 Å². The lowest BCUT2D eigenvalue weighted by Crippen LogP contribution is -2.21. The number of esters is 1. The molecule has 112 valence electrons. The monoisotopic (exact) mass is 283 g/mol. The van der Waals surface area contributed by atoms with E-state index in [4.69, 9.17) is 24.7 Å². The summed E-state index contributed by atoms with van der Waals surface area (Å²) in [6, 6.07) is 3.03. The first-order chi connectivity index (χ1) is 9.53. The fraction of sp³-hybridized carbons (Fsp3) is 0.500. The van der Waals surface area contributed by atoms with Crippen LogP contribution in [0.5, 0.6) is 11.5 Å². The first-order valence-corrected chi connectivity index (χ1v) is 6.33. The smallest absolute Gasteiger partial charge is 0.340 e. The maximum atomic E-state index is 12.1. The quantitative estimate of drug-likeness (QED) is 0.608. The zero-order valence-electron chi connectivity index (χ0n) is 12.3. The lowest BCUT2D eigenvalue weighted by molar-refractivity contribution is 0.00446. The third-order valence-corrected chi connectivity index (χ3v) is 2.64. The molecule has 1 rings (SSSR count). The van der Waals surface area contributed by atoms with Gasteiger partial charge in [0.05, 0.1) is 32.1 Å². The molecule has 0 spiro atoms. The molecule has 2 N–H and O–H groups in total. The molecule has 1 aromatic rings. The fourth-order valence-electron chi connectivity index (χ4n) is 1.64. The molecule has 0 aromatic heterocycles. The predicted molar refractivity (Wildman–Crippen MR) is 75.3 cm³/mol. The Labute approximate surface area is 118 Å². The highest BCUT2D eigenvalue weighted by Crippen LogP contribution is 2.32. The summed E-state index contributed by atoms with van der Waals surface area (Å²) in [6.07, 6.45) is -0.352. The van der Waals surface area contributed by atoms with Crippen LogP contribution in [0.1, 0.15) is 24.2 Å². The number of benzene rings is 1. The summed E-state index contributed by atoms with van der Waals surface area (Å²) in [5, 5.41) is 0. The largest absolute Gasteiger partial charge is 0.493 e. The Balaban J connectivity index is 2.87. The molecule has 0 aliphatic carbocycles. The lowest BCUT2D eigenvalue weighted by atomic mass is 10.1. The van der Waals surface area contributed by atoms with Gasteiger partial charge in [0, 0.05) is 18.7 Å². The van der Waals surface area contributed by atoms with Crippen molar-refractivity contribution in [3.05, 3.63) is 17.7 Å². The molecule has 1 aromatic carbocycles. The number of nitrogen functional groups attached to an aromatic ring is 1. The van der Waals surface area contributed by atoms with Gasteiger partial charge < -0.3 is 24.7 Å². The Bertz CT molecular complexity index is 461. The first-order valence-electron chi connectivity index (χ1n) is 6.33. The minimum Gasteiger partial charge on any atom is -0.493 e. The number of carbonyl (C=O) groups is 1. The highest BCUT2D eigenvalue weighted by Gasteiger charge is 2.18. The van der Waals surface area contributed by atoms with E-state index < -0.39 is 5.97 Å². The van der Waals surface area contributed by atoms with Crippen molar-refractivity contribution in [1.82, 2.24) is 0 Å². The van der Waals surface area contributed by atoms with Gasteiger partial charge in [-0.3, -0.25) is 0 Å². The molecule has 0 heterocycles. The molecular weight excluding hydrogens is 262 g/mol. The molecule has 0 saturated heterocycles. The van der Waals surface area contributed by atoms with E-state index in [-0.39, 0.29) is 17.4 Å². The fourth-order valence-corrected chi connectivity index (χ4v) is 1.64. The summed E-state index contributed by atoms with van der Waals surface area (Å²) in [4.78, 5) is 12.1. The molecule has 6 nitrogen and oxygen atoms in total. The van der Waals surface area contributed by atoms with Crippen molar-refractivity contribution in [3.8, 4) is 11.5 Å². The van der Waals surface area contributed by atoms with Gasteiger partial charge in [0.25, 0.3) is 0 Å². The molecule has 0 fully saturated rings. The number of methoxy groups -OCH3 is 2. The standard InChI is InChI=1S/C14H21NO5/c1-5-19-8-9(2)20-14(16)10-6-12(17-3)13(18-4)7-11(10)15/h6-7,9H,5,8,15H2,1-4H3. The zero-order valence-corrected chi connectivity index (χ0v) is 12.3. The van der Waals surface area contributed by atoms with Crippen LogP contribution < -0.4 is 15.2 Å². The van der Waals surface area contributed by atoms with E-state index in [0.29, 0.717) is 24.7 Å². The van der Waals surface area contributed by atoms with Gasteiger partial charge >= 0.3 is 5.97 Å². The number of anilines is 1. The maximum absolute atomic E-state index is 12.1. The maximum Gasteiger partial charge on any atom is 0.340 e. The van der Waals surface area contributed by atoms with Crippen LogP contribution >= 0.6 is 0 Å². The number of ether oxygens (including phenoxy) is 4. The van der Waals surface area contributed by atoms with E-state index in [2.05, 4.69) is 0 Å². The van der Waals surface area contributed by atoms with Crippen LogP contribution in [-0.2, 0) is 9.47 Å². The van der Waals surface area contributed by atoms with E-state index in [1.54, 1.807) is 6.92 Å². The van der Waals surface area contributed by atoms with E-state index >= 15 is 0 Å². The highest BCUT2D eigenvalue weighted by atomic mass is 16.6. The summed E-state index contributed by atoms with van der Waals surface area (Å²) < 4.78 is 20.7. The normalized spacial score (nSPS) is 11.8. The van der Waals surface area contributed by atoms with Crippen molar-refractivity contribution >= 4 is 11.7 Å². The van der Waals surface area contributed by atoms with Crippen LogP contribution in [0.4, 0.5) is 5.69 Å². The van der Waals surface area contributed by atoms with Crippen LogP contribution in [-0.4, -0.2) is 39.5 Å². The third kappa shape index (κ3) is 4.03. The molecule has 6 heteroatoms. The number of hydrogen-bond donors (Lipinski definition) is 1. The Morgan fingerprint density at radius 3 is 2.40 bits per heavy atom. The molecule has 20 heavy (non-hydrogen) atoms. The molecule has 0 bridgehead atoms. The highest BCUT2D eigenvalue weighted by molar-refractivity contribution is 5.96.